The highest BCUT2D eigenvalue weighted by Gasteiger charge is 2.16. The molecule has 29 heavy (non-hydrogen) atoms. The van der Waals surface area contributed by atoms with Crippen LogP contribution in [0.15, 0.2) is 12.1 Å². The third-order valence-electron chi connectivity index (χ3n) is 5.48. The van der Waals surface area contributed by atoms with Crippen LogP contribution >= 0.6 is 34.8 Å². The Morgan fingerprint density at radius 3 is 1.59 bits per heavy atom. The fourth-order valence-electron chi connectivity index (χ4n) is 3.64. The second kappa shape index (κ2) is 16.7. The van der Waals surface area contributed by atoms with Gasteiger partial charge in [-0.05, 0) is 43.6 Å². The first-order chi connectivity index (χ1) is 14.0. The van der Waals surface area contributed by atoms with Crippen molar-refractivity contribution in [1.29, 1.82) is 0 Å². The predicted octanol–water partition coefficient (Wildman–Crippen LogP) is 8.70. The Balaban J connectivity index is 2.54. The number of benzene rings is 1. The number of aliphatic hydroxyl groups excluding tert-OH is 1. The molecule has 0 saturated carbocycles. The van der Waals surface area contributed by atoms with Crippen molar-refractivity contribution in [3.05, 3.63) is 32.8 Å². The zero-order valence-electron chi connectivity index (χ0n) is 18.4. The first kappa shape index (κ1) is 27.0. The fraction of sp³-hybridized carbons (Fsp3) is 0.750. The van der Waals surface area contributed by atoms with Crippen LogP contribution < -0.4 is 0 Å². The Morgan fingerprint density at radius 1 is 0.724 bits per heavy atom. The van der Waals surface area contributed by atoms with E-state index in [0.29, 0.717) is 21.6 Å². The molecule has 1 unspecified atom stereocenters. The molecule has 2 nitrogen and oxygen atoms in total. The van der Waals surface area contributed by atoms with Crippen LogP contribution in [0.2, 0.25) is 15.1 Å². The molecule has 0 radical (unpaired) electrons. The van der Waals surface area contributed by atoms with Crippen LogP contribution in [0.1, 0.15) is 103 Å². The monoisotopic (exact) mass is 463 g/mol. The molecule has 0 aliphatic carbocycles. The number of hydrogen-bond acceptors (Lipinski definition) is 2. The zero-order chi connectivity index (χ0) is 21.5. The maximum atomic E-state index is 10.8. The Hall–Kier alpha value is 0.01000. The van der Waals surface area contributed by atoms with Crippen LogP contribution in [0.3, 0.4) is 0 Å². The van der Waals surface area contributed by atoms with Crippen LogP contribution in [0.5, 0.6) is 0 Å². The highest BCUT2D eigenvalue weighted by Crippen LogP contribution is 2.33. The third-order valence-corrected chi connectivity index (χ3v) is 6.67. The Bertz CT molecular complexity index is 514. The van der Waals surface area contributed by atoms with Crippen molar-refractivity contribution in [3.63, 3.8) is 0 Å². The molecule has 0 aliphatic heterocycles. The normalized spacial score (nSPS) is 12.7. The summed E-state index contributed by atoms with van der Waals surface area (Å²) >= 11 is 18.3. The van der Waals surface area contributed by atoms with Crippen LogP contribution in [-0.2, 0) is 0 Å². The van der Waals surface area contributed by atoms with Crippen molar-refractivity contribution in [2.45, 2.75) is 97.0 Å². The molecule has 168 valence electrons. The molecule has 0 fully saturated rings. The second-order valence-corrected chi connectivity index (χ2v) is 9.34. The van der Waals surface area contributed by atoms with E-state index in [4.69, 9.17) is 34.8 Å². The van der Waals surface area contributed by atoms with Crippen LogP contribution in [-0.4, -0.2) is 29.6 Å². The summed E-state index contributed by atoms with van der Waals surface area (Å²) in [6, 6.07) is 3.46. The molecule has 1 aromatic rings. The minimum atomic E-state index is -0.609. The average molecular weight is 465 g/mol. The molecule has 1 atom stereocenters. The van der Waals surface area contributed by atoms with Crippen molar-refractivity contribution < 1.29 is 5.11 Å². The van der Waals surface area contributed by atoms with Gasteiger partial charge in [0.05, 0.1) is 21.2 Å². The van der Waals surface area contributed by atoms with Gasteiger partial charge in [0.1, 0.15) is 0 Å². The lowest BCUT2D eigenvalue weighted by Gasteiger charge is -2.25. The summed E-state index contributed by atoms with van der Waals surface area (Å²) < 4.78 is 0. The van der Waals surface area contributed by atoms with E-state index in [0.717, 1.165) is 18.7 Å². The minimum absolute atomic E-state index is 0.347. The van der Waals surface area contributed by atoms with Gasteiger partial charge in [0.15, 0.2) is 0 Å². The molecule has 1 rings (SSSR count). The van der Waals surface area contributed by atoms with Gasteiger partial charge < -0.3 is 10.0 Å². The van der Waals surface area contributed by atoms with Crippen LogP contribution in [0, 0.1) is 0 Å². The molecule has 0 amide bonds. The highest BCUT2D eigenvalue weighted by molar-refractivity contribution is 6.48. The molecule has 5 heteroatoms. The van der Waals surface area contributed by atoms with Crippen molar-refractivity contribution in [1.82, 2.24) is 4.90 Å². The molecular weight excluding hydrogens is 425 g/mol. The van der Waals surface area contributed by atoms with E-state index in [1.54, 1.807) is 12.1 Å². The molecule has 0 spiro atoms. The molecule has 1 aromatic carbocycles. The Labute approximate surface area is 193 Å². The van der Waals surface area contributed by atoms with Crippen LogP contribution in [0.4, 0.5) is 0 Å². The van der Waals surface area contributed by atoms with Crippen LogP contribution in [0.25, 0.3) is 0 Å². The van der Waals surface area contributed by atoms with E-state index in [9.17, 15) is 5.11 Å². The maximum Gasteiger partial charge on any atom is 0.0917 e. The molecule has 0 heterocycles. The largest absolute Gasteiger partial charge is 0.387 e. The summed E-state index contributed by atoms with van der Waals surface area (Å²) in [6.45, 7) is 7.18. The topological polar surface area (TPSA) is 23.5 Å². The highest BCUT2D eigenvalue weighted by atomic mass is 35.5. The summed E-state index contributed by atoms with van der Waals surface area (Å²) in [4.78, 5) is 2.40. The first-order valence-electron chi connectivity index (χ1n) is 11.5. The maximum absolute atomic E-state index is 10.8. The van der Waals surface area contributed by atoms with Gasteiger partial charge in [-0.3, -0.25) is 0 Å². The molecule has 0 bridgehead atoms. The predicted molar refractivity (Wildman–Crippen MR) is 130 cm³/mol. The number of aliphatic hydroxyl groups is 1. The van der Waals surface area contributed by atoms with E-state index >= 15 is 0 Å². The van der Waals surface area contributed by atoms with E-state index in [2.05, 4.69) is 18.7 Å². The summed E-state index contributed by atoms with van der Waals surface area (Å²) in [7, 11) is 0. The fourth-order valence-corrected chi connectivity index (χ4v) is 4.26. The van der Waals surface area contributed by atoms with Gasteiger partial charge in [0.2, 0.25) is 0 Å². The van der Waals surface area contributed by atoms with Gasteiger partial charge in [-0.25, -0.2) is 0 Å². The second-order valence-electron chi connectivity index (χ2n) is 8.15. The molecule has 0 saturated heterocycles. The van der Waals surface area contributed by atoms with Gasteiger partial charge >= 0.3 is 0 Å². The SMILES string of the molecule is CCCCCCCCN(CCCCCCCC)CC(O)c1cc(Cl)c(Cl)c(Cl)c1. The number of nitrogens with zero attached hydrogens (tertiary/aromatic N) is 1. The number of hydrogen-bond donors (Lipinski definition) is 1. The van der Waals surface area contributed by atoms with Crippen molar-refractivity contribution in [2.75, 3.05) is 19.6 Å². The van der Waals surface area contributed by atoms with E-state index in [1.165, 1.54) is 77.0 Å². The lowest BCUT2D eigenvalue weighted by molar-refractivity contribution is 0.110. The summed E-state index contributed by atoms with van der Waals surface area (Å²) in [5.41, 5.74) is 0.736. The minimum Gasteiger partial charge on any atom is -0.387 e. The summed E-state index contributed by atoms with van der Waals surface area (Å²) in [5.74, 6) is 0. The smallest absolute Gasteiger partial charge is 0.0917 e. The molecule has 1 N–H and O–H groups in total. The number of unbranched alkanes of at least 4 members (excludes halogenated alkanes) is 10. The first-order valence-corrected chi connectivity index (χ1v) is 12.7. The summed E-state index contributed by atoms with van der Waals surface area (Å²) in [6.07, 6.45) is 14.8. The van der Waals surface area contributed by atoms with Gasteiger partial charge in [-0.15, -0.1) is 0 Å². The number of rotatable bonds is 17. The number of halogens is 3. The Kier molecular flexibility index (Phi) is 15.5. The zero-order valence-corrected chi connectivity index (χ0v) is 20.6. The molecular formula is C24H40Cl3NO. The van der Waals surface area contributed by atoms with Gasteiger partial charge in [0, 0.05) is 6.54 Å². The quantitative estimate of drug-likeness (QED) is 0.184. The lowest BCUT2D eigenvalue weighted by atomic mass is 10.1. The average Bonchev–Trinajstić information content (AvgIpc) is 2.70. The van der Waals surface area contributed by atoms with Gasteiger partial charge in [0.25, 0.3) is 0 Å². The van der Waals surface area contributed by atoms with Crippen molar-refractivity contribution in [2.24, 2.45) is 0 Å². The van der Waals surface area contributed by atoms with Crippen molar-refractivity contribution >= 4 is 34.8 Å². The summed E-state index contributed by atoms with van der Waals surface area (Å²) in [5, 5.41) is 11.9. The molecule has 0 aromatic heterocycles. The molecule has 0 aliphatic rings. The van der Waals surface area contributed by atoms with E-state index < -0.39 is 6.10 Å². The third kappa shape index (κ3) is 11.8. The van der Waals surface area contributed by atoms with E-state index in [-0.39, 0.29) is 0 Å². The van der Waals surface area contributed by atoms with E-state index in [1.807, 2.05) is 0 Å². The lowest BCUT2D eigenvalue weighted by Crippen LogP contribution is -2.31. The van der Waals surface area contributed by atoms with Gasteiger partial charge in [-0.2, -0.15) is 0 Å². The Morgan fingerprint density at radius 2 is 1.14 bits per heavy atom. The van der Waals surface area contributed by atoms with Gasteiger partial charge in [-0.1, -0.05) is 113 Å². The standard InChI is InChI=1S/C24H40Cl3NO/c1-3-5-7-9-11-13-15-28(16-14-12-10-8-6-4-2)19-23(29)20-17-21(25)24(27)22(26)18-20/h17-18,23,29H,3-16,19H2,1-2H3. The van der Waals surface area contributed by atoms with Crippen molar-refractivity contribution in [3.8, 4) is 0 Å².